The van der Waals surface area contributed by atoms with Crippen molar-refractivity contribution in [3.8, 4) is 0 Å². The van der Waals surface area contributed by atoms with Gasteiger partial charge in [0.1, 0.15) is 13.2 Å². The van der Waals surface area contributed by atoms with Crippen LogP contribution in [0.1, 0.15) is 201 Å². The van der Waals surface area contributed by atoms with Gasteiger partial charge in [0.05, 0.1) is 0 Å². The lowest BCUT2D eigenvalue weighted by molar-refractivity contribution is -0.167. The van der Waals surface area contributed by atoms with E-state index in [4.69, 9.17) is 14.2 Å². The topological polar surface area (TPSA) is 78.9 Å². The molecule has 65 heavy (non-hydrogen) atoms. The van der Waals surface area contributed by atoms with E-state index < -0.39 is 6.10 Å². The standard InChI is InChI=1S/C59H92O6/c1-4-7-10-13-16-19-22-24-26-28-29-31-32-34-37-40-43-46-49-52-58(61)64-55-56(54-63-57(60)51-48-45-42-39-36-21-18-15-12-9-6-3)65-59(62)53-50-47-44-41-38-35-33-30-27-25-23-20-17-14-11-8-5-2/h7-8,10-11,14-20,23-27,29-31,33,35,38,56H,4-6,9,12-13,21-22,28,32,34,36-37,39-55H2,1-3H3/b10-7-,11-8-,17-14-,18-15-,19-16-,23-20-,26-24-,27-25-,31-29-,33-30+,38-35-. The van der Waals surface area contributed by atoms with Crippen LogP contribution in [0, 0.1) is 0 Å². The lowest BCUT2D eigenvalue weighted by Crippen LogP contribution is -2.30. The zero-order valence-corrected chi connectivity index (χ0v) is 41.4. The largest absolute Gasteiger partial charge is 0.462 e. The number of unbranched alkanes of at least 4 members (excludes halogenated alkanes) is 16. The molecule has 0 spiro atoms. The summed E-state index contributed by atoms with van der Waals surface area (Å²) in [4.78, 5) is 38.0. The Balaban J connectivity index is 4.51. The molecule has 0 N–H and O–H groups in total. The van der Waals surface area contributed by atoms with Gasteiger partial charge in [-0.05, 0) is 96.3 Å². The second-order valence-corrected chi connectivity index (χ2v) is 16.5. The summed E-state index contributed by atoms with van der Waals surface area (Å²) in [6.07, 6.45) is 72.9. The molecule has 0 rings (SSSR count). The molecule has 0 radical (unpaired) electrons. The Bertz CT molecular complexity index is 1450. The predicted octanol–water partition coefficient (Wildman–Crippen LogP) is 17.1. The second-order valence-electron chi connectivity index (χ2n) is 16.5. The Morgan fingerprint density at radius 3 is 1.15 bits per heavy atom. The molecule has 0 aliphatic heterocycles. The van der Waals surface area contributed by atoms with E-state index in [1.54, 1.807) is 0 Å². The number of carbonyl (C=O) groups excluding carboxylic acids is 3. The predicted molar refractivity (Wildman–Crippen MR) is 279 cm³/mol. The van der Waals surface area contributed by atoms with Gasteiger partial charge in [0, 0.05) is 19.3 Å². The highest BCUT2D eigenvalue weighted by Crippen LogP contribution is 2.13. The van der Waals surface area contributed by atoms with Gasteiger partial charge >= 0.3 is 17.9 Å². The van der Waals surface area contributed by atoms with Crippen LogP contribution in [-0.2, 0) is 28.6 Å². The number of allylic oxidation sites excluding steroid dienone is 22. The number of rotatable bonds is 44. The third-order valence-corrected chi connectivity index (χ3v) is 10.3. The summed E-state index contributed by atoms with van der Waals surface area (Å²) in [5, 5.41) is 0. The van der Waals surface area contributed by atoms with Gasteiger partial charge in [0.2, 0.25) is 0 Å². The van der Waals surface area contributed by atoms with Gasteiger partial charge in [-0.3, -0.25) is 14.4 Å². The number of carbonyl (C=O) groups is 3. The molecule has 0 aromatic rings. The molecule has 0 saturated heterocycles. The summed E-state index contributed by atoms with van der Waals surface area (Å²) in [5.74, 6) is -0.988. The number of esters is 3. The fourth-order valence-electron chi connectivity index (χ4n) is 6.44. The molecular formula is C59H92O6. The molecule has 6 heteroatoms. The minimum atomic E-state index is -0.815. The Labute approximate surface area is 398 Å². The van der Waals surface area contributed by atoms with Gasteiger partial charge in [-0.15, -0.1) is 0 Å². The Kier molecular flexibility index (Phi) is 48.6. The van der Waals surface area contributed by atoms with E-state index in [-0.39, 0.29) is 37.5 Å². The summed E-state index contributed by atoms with van der Waals surface area (Å²) < 4.78 is 16.7. The van der Waals surface area contributed by atoms with E-state index in [2.05, 4.69) is 93.7 Å². The van der Waals surface area contributed by atoms with E-state index in [9.17, 15) is 14.4 Å². The van der Waals surface area contributed by atoms with Crippen LogP contribution < -0.4 is 0 Å². The molecule has 0 heterocycles. The molecule has 0 amide bonds. The van der Waals surface area contributed by atoms with Gasteiger partial charge in [-0.25, -0.2) is 0 Å². The fourth-order valence-corrected chi connectivity index (χ4v) is 6.44. The van der Waals surface area contributed by atoms with Gasteiger partial charge in [-0.1, -0.05) is 219 Å². The van der Waals surface area contributed by atoms with E-state index in [0.29, 0.717) is 19.3 Å². The molecule has 0 fully saturated rings. The highest BCUT2D eigenvalue weighted by molar-refractivity contribution is 5.71. The van der Waals surface area contributed by atoms with Crippen molar-refractivity contribution < 1.29 is 28.6 Å². The molecule has 0 bridgehead atoms. The van der Waals surface area contributed by atoms with Crippen LogP contribution in [0.25, 0.3) is 0 Å². The van der Waals surface area contributed by atoms with Crippen LogP contribution in [0.15, 0.2) is 134 Å². The van der Waals surface area contributed by atoms with E-state index in [1.165, 1.54) is 38.5 Å². The summed E-state index contributed by atoms with van der Waals surface area (Å²) in [6, 6.07) is 0. The van der Waals surface area contributed by atoms with Gasteiger partial charge in [0.15, 0.2) is 6.10 Å². The van der Waals surface area contributed by atoms with Crippen molar-refractivity contribution in [1.82, 2.24) is 0 Å². The Morgan fingerprint density at radius 1 is 0.338 bits per heavy atom. The molecule has 1 unspecified atom stereocenters. The number of ether oxygens (including phenoxy) is 3. The van der Waals surface area contributed by atoms with Crippen molar-refractivity contribution in [2.24, 2.45) is 0 Å². The summed E-state index contributed by atoms with van der Waals surface area (Å²) >= 11 is 0. The van der Waals surface area contributed by atoms with Crippen molar-refractivity contribution in [3.05, 3.63) is 134 Å². The van der Waals surface area contributed by atoms with Gasteiger partial charge in [0.25, 0.3) is 0 Å². The van der Waals surface area contributed by atoms with Crippen LogP contribution in [0.3, 0.4) is 0 Å². The first-order chi connectivity index (χ1) is 32.0. The molecule has 1 atom stereocenters. The van der Waals surface area contributed by atoms with E-state index >= 15 is 0 Å². The average molecular weight is 897 g/mol. The number of hydrogen-bond donors (Lipinski definition) is 0. The molecule has 0 aromatic carbocycles. The van der Waals surface area contributed by atoms with Crippen molar-refractivity contribution in [3.63, 3.8) is 0 Å². The minimum absolute atomic E-state index is 0.111. The number of hydrogen-bond acceptors (Lipinski definition) is 6. The first-order valence-corrected chi connectivity index (χ1v) is 25.8. The normalized spacial score (nSPS) is 13.2. The molecule has 0 aromatic heterocycles. The smallest absolute Gasteiger partial charge is 0.306 e. The summed E-state index contributed by atoms with van der Waals surface area (Å²) in [6.45, 7) is 6.26. The maximum Gasteiger partial charge on any atom is 0.306 e. The molecule has 364 valence electrons. The highest BCUT2D eigenvalue weighted by Gasteiger charge is 2.19. The lowest BCUT2D eigenvalue weighted by Gasteiger charge is -2.18. The van der Waals surface area contributed by atoms with Crippen LogP contribution >= 0.6 is 0 Å². The SMILES string of the molecule is CC\C=C/C=C\C=C/C=C\C=C\C=C/CCCCCC(=O)OC(COC(=O)CCCCCCC/C=C\CCCC)COC(=O)CCCCCCCC/C=C\C/C=C\C/C=C\C/C=C\CC. The van der Waals surface area contributed by atoms with Crippen molar-refractivity contribution in [2.45, 2.75) is 207 Å². The third kappa shape index (κ3) is 50.4. The van der Waals surface area contributed by atoms with Crippen LogP contribution in [0.2, 0.25) is 0 Å². The minimum Gasteiger partial charge on any atom is -0.462 e. The van der Waals surface area contributed by atoms with Crippen molar-refractivity contribution in [1.29, 1.82) is 0 Å². The monoisotopic (exact) mass is 897 g/mol. The van der Waals surface area contributed by atoms with Crippen molar-refractivity contribution >= 4 is 17.9 Å². The molecule has 0 saturated carbocycles. The van der Waals surface area contributed by atoms with E-state index in [0.717, 1.165) is 116 Å². The third-order valence-electron chi connectivity index (χ3n) is 10.3. The maximum atomic E-state index is 12.8. The summed E-state index contributed by atoms with van der Waals surface area (Å²) in [7, 11) is 0. The maximum absolute atomic E-state index is 12.8. The molecule has 0 aliphatic carbocycles. The first-order valence-electron chi connectivity index (χ1n) is 25.8. The summed E-state index contributed by atoms with van der Waals surface area (Å²) in [5.41, 5.74) is 0. The average Bonchev–Trinajstić information content (AvgIpc) is 3.30. The lowest BCUT2D eigenvalue weighted by atomic mass is 10.1. The van der Waals surface area contributed by atoms with Crippen LogP contribution in [-0.4, -0.2) is 37.2 Å². The van der Waals surface area contributed by atoms with Crippen molar-refractivity contribution in [2.75, 3.05) is 13.2 Å². The molecule has 6 nitrogen and oxygen atoms in total. The van der Waals surface area contributed by atoms with E-state index in [1.807, 2.05) is 60.8 Å². The molecule has 0 aliphatic rings. The van der Waals surface area contributed by atoms with Crippen LogP contribution in [0.5, 0.6) is 0 Å². The quantitative estimate of drug-likeness (QED) is 0.0199. The van der Waals surface area contributed by atoms with Gasteiger partial charge in [-0.2, -0.15) is 0 Å². The second kappa shape index (κ2) is 52.2. The fraction of sp³-hybridized carbons (Fsp3) is 0.576. The first kappa shape index (κ1) is 60.5. The zero-order valence-electron chi connectivity index (χ0n) is 41.4. The van der Waals surface area contributed by atoms with Crippen LogP contribution in [0.4, 0.5) is 0 Å². The Morgan fingerprint density at radius 2 is 0.677 bits per heavy atom. The Hall–Kier alpha value is -4.45. The van der Waals surface area contributed by atoms with Gasteiger partial charge < -0.3 is 14.2 Å². The highest BCUT2D eigenvalue weighted by atomic mass is 16.6. The zero-order chi connectivity index (χ0) is 47.2. The molecular weight excluding hydrogens is 805 g/mol.